The summed E-state index contributed by atoms with van der Waals surface area (Å²) in [6.45, 7) is 7.30. The van der Waals surface area contributed by atoms with E-state index in [1.807, 2.05) is 42.7 Å². The Morgan fingerprint density at radius 1 is 1.32 bits per heavy atom. The Morgan fingerprint density at radius 3 is 2.73 bits per heavy atom. The molecule has 6 nitrogen and oxygen atoms in total. The van der Waals surface area contributed by atoms with Crippen LogP contribution in [0.4, 0.5) is 0 Å². The maximum absolute atomic E-state index is 12.7. The van der Waals surface area contributed by atoms with Gasteiger partial charge in [-0.3, -0.25) is 14.0 Å². The summed E-state index contributed by atoms with van der Waals surface area (Å²) in [7, 11) is 0. The van der Waals surface area contributed by atoms with Gasteiger partial charge in [0, 0.05) is 6.04 Å². The van der Waals surface area contributed by atoms with E-state index in [-0.39, 0.29) is 17.5 Å². The quantitative estimate of drug-likeness (QED) is 0.804. The molecule has 0 bridgehead atoms. The average molecular weight is 318 g/mol. The van der Waals surface area contributed by atoms with Crippen molar-refractivity contribution in [1.29, 1.82) is 0 Å². The third-order valence-corrected chi connectivity index (χ3v) is 4.46. The van der Waals surface area contributed by atoms with Crippen molar-refractivity contribution in [3.63, 3.8) is 0 Å². The van der Waals surface area contributed by atoms with Gasteiger partial charge in [0.05, 0.1) is 10.2 Å². The van der Waals surface area contributed by atoms with Gasteiger partial charge >= 0.3 is 0 Å². The third kappa shape index (κ3) is 2.21. The maximum atomic E-state index is 12.7. The maximum Gasteiger partial charge on any atom is 0.291 e. The Hall–Kier alpha value is -2.15. The van der Waals surface area contributed by atoms with E-state index in [4.69, 9.17) is 0 Å². The molecular weight excluding hydrogens is 300 g/mol. The number of hydrogen-bond donors (Lipinski definition) is 1. The summed E-state index contributed by atoms with van der Waals surface area (Å²) < 4.78 is 4.16. The molecule has 3 aromatic rings. The number of nitrogens with one attached hydrogen (secondary N) is 1. The second kappa shape index (κ2) is 5.24. The number of nitrogens with zero attached hydrogens (tertiary/aromatic N) is 3. The first kappa shape index (κ1) is 14.8. The number of carbonyl (C=O) groups is 1. The van der Waals surface area contributed by atoms with Gasteiger partial charge in [0.15, 0.2) is 0 Å². The van der Waals surface area contributed by atoms with Crippen molar-refractivity contribution < 1.29 is 4.79 Å². The normalized spacial score (nSPS) is 13.1. The predicted octanol–water partition coefficient (Wildman–Crippen LogP) is 2.10. The first-order valence-corrected chi connectivity index (χ1v) is 8.06. The van der Waals surface area contributed by atoms with E-state index < -0.39 is 6.04 Å². The van der Waals surface area contributed by atoms with Gasteiger partial charge in [-0.15, -0.1) is 11.3 Å². The lowest BCUT2D eigenvalue weighted by Crippen LogP contribution is -2.40. The lowest BCUT2D eigenvalue weighted by molar-refractivity contribution is -0.124. The molecule has 0 saturated carbocycles. The SMILES string of the molecule is Cc1nn(C(C)C(=O)NC(C)C)c(=O)c2cc3sccc3n12. The van der Waals surface area contributed by atoms with Gasteiger partial charge < -0.3 is 5.32 Å². The summed E-state index contributed by atoms with van der Waals surface area (Å²) in [5.41, 5.74) is 1.28. The number of rotatable bonds is 3. The first-order valence-electron chi connectivity index (χ1n) is 7.18. The summed E-state index contributed by atoms with van der Waals surface area (Å²) in [5, 5.41) is 9.14. The summed E-state index contributed by atoms with van der Waals surface area (Å²) in [6.07, 6.45) is 0. The second-order valence-electron chi connectivity index (χ2n) is 5.67. The van der Waals surface area contributed by atoms with Crippen LogP contribution in [0.3, 0.4) is 0 Å². The molecule has 7 heteroatoms. The summed E-state index contributed by atoms with van der Waals surface area (Å²) in [4.78, 5) is 24.8. The fourth-order valence-electron chi connectivity index (χ4n) is 2.57. The van der Waals surface area contributed by atoms with Crippen molar-refractivity contribution in [2.45, 2.75) is 39.8 Å². The van der Waals surface area contributed by atoms with Crippen molar-refractivity contribution in [3.8, 4) is 0 Å². The van der Waals surface area contributed by atoms with Crippen LogP contribution in [0.2, 0.25) is 0 Å². The minimum absolute atomic E-state index is 0.0223. The Bertz CT molecular complexity index is 919. The highest BCUT2D eigenvalue weighted by atomic mass is 32.1. The number of amides is 1. The smallest absolute Gasteiger partial charge is 0.291 e. The number of hydrogen-bond acceptors (Lipinski definition) is 4. The Balaban J connectivity index is 2.17. The van der Waals surface area contributed by atoms with Crippen LogP contribution in [0.5, 0.6) is 0 Å². The largest absolute Gasteiger partial charge is 0.352 e. The van der Waals surface area contributed by atoms with Gasteiger partial charge in [0.1, 0.15) is 17.4 Å². The highest BCUT2D eigenvalue weighted by Gasteiger charge is 2.21. The molecule has 0 spiro atoms. The average Bonchev–Trinajstić information content (AvgIpc) is 3.01. The molecule has 0 aromatic carbocycles. The van der Waals surface area contributed by atoms with Gasteiger partial charge in [-0.25, -0.2) is 4.68 Å². The highest BCUT2D eigenvalue weighted by Crippen LogP contribution is 2.24. The van der Waals surface area contributed by atoms with E-state index in [0.29, 0.717) is 11.3 Å². The van der Waals surface area contributed by atoms with Crippen LogP contribution in [0.25, 0.3) is 15.7 Å². The standard InChI is InChI=1S/C15H18N4O2S/c1-8(2)16-14(20)9(3)19-15(21)12-7-13-11(5-6-22-13)18(12)10(4)17-19/h5-9H,1-4H3,(H,16,20). The minimum atomic E-state index is -0.647. The molecule has 0 radical (unpaired) electrons. The van der Waals surface area contributed by atoms with E-state index in [1.165, 1.54) is 4.68 Å². The van der Waals surface area contributed by atoms with Crippen molar-refractivity contribution >= 4 is 33.0 Å². The molecular formula is C15H18N4O2S. The van der Waals surface area contributed by atoms with Crippen molar-refractivity contribution in [1.82, 2.24) is 19.5 Å². The Kier molecular flexibility index (Phi) is 3.52. The zero-order valence-corrected chi connectivity index (χ0v) is 13.8. The van der Waals surface area contributed by atoms with Crippen LogP contribution in [-0.4, -0.2) is 26.1 Å². The highest BCUT2D eigenvalue weighted by molar-refractivity contribution is 7.17. The minimum Gasteiger partial charge on any atom is -0.352 e. The Morgan fingerprint density at radius 2 is 2.05 bits per heavy atom. The molecule has 1 atom stereocenters. The molecule has 1 N–H and O–H groups in total. The summed E-state index contributed by atoms with van der Waals surface area (Å²) >= 11 is 1.58. The number of thiophene rings is 1. The lowest BCUT2D eigenvalue weighted by atomic mass is 10.3. The van der Waals surface area contributed by atoms with E-state index >= 15 is 0 Å². The predicted molar refractivity (Wildman–Crippen MR) is 87.6 cm³/mol. The summed E-state index contributed by atoms with van der Waals surface area (Å²) in [5.74, 6) is 0.480. The number of fused-ring (bicyclic) bond motifs is 3. The molecule has 3 aromatic heterocycles. The third-order valence-electron chi connectivity index (χ3n) is 3.60. The topological polar surface area (TPSA) is 68.4 Å². The van der Waals surface area contributed by atoms with Gasteiger partial charge in [0.25, 0.3) is 5.56 Å². The lowest BCUT2D eigenvalue weighted by Gasteiger charge is -2.17. The molecule has 0 aliphatic carbocycles. The number of aromatic nitrogens is 3. The van der Waals surface area contributed by atoms with Crippen LogP contribution in [0.15, 0.2) is 22.3 Å². The zero-order chi connectivity index (χ0) is 16.0. The van der Waals surface area contributed by atoms with Gasteiger partial charge in [0.2, 0.25) is 5.91 Å². The molecule has 0 fully saturated rings. The second-order valence-corrected chi connectivity index (χ2v) is 6.62. The molecule has 0 aliphatic heterocycles. The van der Waals surface area contributed by atoms with Crippen molar-refractivity contribution in [2.75, 3.05) is 0 Å². The van der Waals surface area contributed by atoms with Crippen molar-refractivity contribution in [3.05, 3.63) is 33.7 Å². The van der Waals surface area contributed by atoms with Gasteiger partial charge in [-0.1, -0.05) is 0 Å². The van der Waals surface area contributed by atoms with Crippen LogP contribution >= 0.6 is 11.3 Å². The van der Waals surface area contributed by atoms with Crippen molar-refractivity contribution in [2.24, 2.45) is 0 Å². The van der Waals surface area contributed by atoms with Gasteiger partial charge in [-0.2, -0.15) is 5.10 Å². The van der Waals surface area contributed by atoms with Crippen LogP contribution in [-0.2, 0) is 4.79 Å². The van der Waals surface area contributed by atoms with E-state index in [2.05, 4.69) is 10.4 Å². The molecule has 22 heavy (non-hydrogen) atoms. The molecule has 3 rings (SSSR count). The fourth-order valence-corrected chi connectivity index (χ4v) is 3.38. The number of aryl methyl sites for hydroxylation is 1. The summed E-state index contributed by atoms with van der Waals surface area (Å²) in [6, 6.07) is 3.21. The zero-order valence-electron chi connectivity index (χ0n) is 13.0. The van der Waals surface area contributed by atoms with E-state index in [0.717, 1.165) is 10.2 Å². The van der Waals surface area contributed by atoms with Crippen LogP contribution < -0.4 is 10.9 Å². The molecule has 1 amide bonds. The molecule has 116 valence electrons. The van der Waals surface area contributed by atoms with Gasteiger partial charge in [-0.05, 0) is 45.2 Å². The first-order chi connectivity index (χ1) is 10.4. The van der Waals surface area contributed by atoms with E-state index in [1.54, 1.807) is 18.3 Å². The fraction of sp³-hybridized carbons (Fsp3) is 0.400. The van der Waals surface area contributed by atoms with Crippen LogP contribution in [0, 0.1) is 6.92 Å². The van der Waals surface area contributed by atoms with E-state index in [9.17, 15) is 9.59 Å². The monoisotopic (exact) mass is 318 g/mol. The molecule has 0 saturated heterocycles. The molecule has 1 unspecified atom stereocenters. The molecule has 0 aliphatic rings. The Labute approximate surface area is 131 Å². The number of carbonyl (C=O) groups excluding carboxylic acids is 1. The van der Waals surface area contributed by atoms with Crippen LogP contribution in [0.1, 0.15) is 32.6 Å². The molecule has 3 heterocycles.